The van der Waals surface area contributed by atoms with Crippen molar-refractivity contribution in [2.45, 2.75) is 52.1 Å². The van der Waals surface area contributed by atoms with Crippen molar-refractivity contribution in [1.29, 1.82) is 0 Å². The van der Waals surface area contributed by atoms with Gasteiger partial charge in [0.05, 0.1) is 12.2 Å². The minimum Gasteiger partial charge on any atom is -0.368 e. The van der Waals surface area contributed by atoms with Gasteiger partial charge < -0.3 is 10.2 Å². The third-order valence-corrected chi connectivity index (χ3v) is 5.23. The predicted molar refractivity (Wildman–Crippen MR) is 110 cm³/mol. The van der Waals surface area contributed by atoms with Crippen LogP contribution in [-0.2, 0) is 0 Å². The molecule has 8 heteroatoms. The lowest BCUT2D eigenvalue weighted by molar-refractivity contribution is 0.451. The first-order valence-corrected chi connectivity index (χ1v) is 9.94. The van der Waals surface area contributed by atoms with E-state index < -0.39 is 0 Å². The molecule has 0 aromatic carbocycles. The van der Waals surface area contributed by atoms with Crippen molar-refractivity contribution in [3.63, 3.8) is 0 Å². The highest BCUT2D eigenvalue weighted by Gasteiger charge is 2.24. The Balaban J connectivity index is 1.57. The first-order valence-electron chi connectivity index (χ1n) is 9.94. The van der Waals surface area contributed by atoms with Gasteiger partial charge >= 0.3 is 0 Å². The number of anilines is 2. The van der Waals surface area contributed by atoms with E-state index in [-0.39, 0.29) is 11.6 Å². The number of rotatable bonds is 5. The minimum absolute atomic E-state index is 0.0432. The van der Waals surface area contributed by atoms with E-state index in [1.54, 1.807) is 16.9 Å². The summed E-state index contributed by atoms with van der Waals surface area (Å²) in [5.41, 5.74) is 1.74. The number of aryl methyl sites for hydroxylation is 1. The zero-order valence-electron chi connectivity index (χ0n) is 16.7. The van der Waals surface area contributed by atoms with Gasteiger partial charge in [0.2, 0.25) is 0 Å². The van der Waals surface area contributed by atoms with Crippen LogP contribution < -0.4 is 15.8 Å². The van der Waals surface area contributed by atoms with E-state index in [1.807, 2.05) is 43.5 Å². The van der Waals surface area contributed by atoms with Crippen LogP contribution in [0.15, 0.2) is 35.3 Å². The van der Waals surface area contributed by atoms with E-state index in [1.165, 1.54) is 6.42 Å². The standard InChI is InChI=1S/C20H27N7O/c1-14(2)26-20(28)8-7-18(24-26)25-11-5-4-6-16(25)13-21-19-12-15(3)23-17-9-10-22-27(17)19/h7-10,12,14,16,21H,4-6,11,13H2,1-3H3. The Morgan fingerprint density at radius 2 is 2.11 bits per heavy atom. The molecule has 1 fully saturated rings. The molecule has 0 bridgehead atoms. The van der Waals surface area contributed by atoms with E-state index in [2.05, 4.69) is 25.4 Å². The molecular weight excluding hydrogens is 354 g/mol. The molecule has 3 aromatic rings. The molecule has 1 N–H and O–H groups in total. The van der Waals surface area contributed by atoms with E-state index in [9.17, 15) is 4.79 Å². The number of nitrogens with one attached hydrogen (secondary N) is 1. The summed E-state index contributed by atoms with van der Waals surface area (Å²) >= 11 is 0. The molecule has 4 rings (SSSR count). The number of piperidine rings is 1. The second kappa shape index (κ2) is 7.61. The van der Waals surface area contributed by atoms with Gasteiger partial charge in [-0.25, -0.2) is 9.67 Å². The first kappa shape index (κ1) is 18.5. The number of hydrogen-bond acceptors (Lipinski definition) is 6. The van der Waals surface area contributed by atoms with Gasteiger partial charge in [-0.3, -0.25) is 4.79 Å². The molecule has 1 atom stereocenters. The number of nitrogens with zero attached hydrogens (tertiary/aromatic N) is 6. The van der Waals surface area contributed by atoms with Gasteiger partial charge in [0.25, 0.3) is 5.56 Å². The van der Waals surface area contributed by atoms with Gasteiger partial charge in [-0.05, 0) is 46.1 Å². The lowest BCUT2D eigenvalue weighted by atomic mass is 10.0. The minimum atomic E-state index is -0.0567. The number of fused-ring (bicyclic) bond motifs is 1. The Bertz CT molecular complexity index is 1020. The summed E-state index contributed by atoms with van der Waals surface area (Å²) in [6, 6.07) is 7.75. The van der Waals surface area contributed by atoms with Crippen molar-refractivity contribution < 1.29 is 0 Å². The largest absolute Gasteiger partial charge is 0.368 e. The molecule has 3 aromatic heterocycles. The molecule has 1 aliphatic rings. The molecule has 0 amide bonds. The van der Waals surface area contributed by atoms with Crippen LogP contribution in [0.3, 0.4) is 0 Å². The third-order valence-electron chi connectivity index (χ3n) is 5.23. The van der Waals surface area contributed by atoms with Crippen LogP contribution in [0, 0.1) is 6.92 Å². The molecule has 8 nitrogen and oxygen atoms in total. The van der Waals surface area contributed by atoms with Gasteiger partial charge in [-0.2, -0.15) is 14.7 Å². The maximum atomic E-state index is 12.1. The van der Waals surface area contributed by atoms with Gasteiger partial charge in [0.15, 0.2) is 5.65 Å². The second-order valence-electron chi connectivity index (χ2n) is 7.68. The predicted octanol–water partition coefficient (Wildman–Crippen LogP) is 2.65. The fourth-order valence-electron chi connectivity index (χ4n) is 3.84. The van der Waals surface area contributed by atoms with E-state index >= 15 is 0 Å². The maximum Gasteiger partial charge on any atom is 0.267 e. The average Bonchev–Trinajstić information content (AvgIpc) is 3.15. The Hall–Kier alpha value is -2.90. The Labute approximate surface area is 164 Å². The maximum absolute atomic E-state index is 12.1. The van der Waals surface area contributed by atoms with Crippen LogP contribution in [0.1, 0.15) is 44.8 Å². The van der Waals surface area contributed by atoms with Crippen molar-refractivity contribution in [2.24, 2.45) is 0 Å². The molecule has 0 saturated carbocycles. The molecule has 148 valence electrons. The van der Waals surface area contributed by atoms with Gasteiger partial charge in [-0.15, -0.1) is 0 Å². The molecule has 1 saturated heterocycles. The summed E-state index contributed by atoms with van der Waals surface area (Å²) in [6.07, 6.45) is 5.18. The highest BCUT2D eigenvalue weighted by atomic mass is 16.1. The SMILES string of the molecule is Cc1cc(NCC2CCCCN2c2ccc(=O)n(C(C)C)n2)n2nccc2n1. The van der Waals surface area contributed by atoms with Crippen LogP contribution in [0.25, 0.3) is 5.65 Å². The Kier molecular flexibility index (Phi) is 5.02. The molecule has 0 radical (unpaired) electrons. The number of aromatic nitrogens is 5. The van der Waals surface area contributed by atoms with E-state index in [0.717, 1.165) is 48.9 Å². The lowest BCUT2D eigenvalue weighted by Gasteiger charge is -2.37. The highest BCUT2D eigenvalue weighted by Crippen LogP contribution is 2.23. The van der Waals surface area contributed by atoms with Gasteiger partial charge in [0, 0.05) is 43.0 Å². The second-order valence-corrected chi connectivity index (χ2v) is 7.68. The smallest absolute Gasteiger partial charge is 0.267 e. The Morgan fingerprint density at radius 1 is 1.25 bits per heavy atom. The van der Waals surface area contributed by atoms with Crippen LogP contribution in [0.4, 0.5) is 11.6 Å². The van der Waals surface area contributed by atoms with Crippen molar-refractivity contribution >= 4 is 17.3 Å². The first-order chi connectivity index (χ1) is 13.5. The summed E-state index contributed by atoms with van der Waals surface area (Å²) in [7, 11) is 0. The van der Waals surface area contributed by atoms with Crippen LogP contribution in [-0.4, -0.2) is 43.5 Å². The zero-order chi connectivity index (χ0) is 19.7. The molecule has 1 unspecified atom stereocenters. The Morgan fingerprint density at radius 3 is 2.93 bits per heavy atom. The summed E-state index contributed by atoms with van der Waals surface area (Å²) in [4.78, 5) is 18.9. The molecular formula is C20H27N7O. The van der Waals surface area contributed by atoms with Gasteiger partial charge in [0.1, 0.15) is 11.6 Å². The summed E-state index contributed by atoms with van der Waals surface area (Å²) in [5.74, 6) is 1.81. The topological polar surface area (TPSA) is 80.4 Å². The fourth-order valence-corrected chi connectivity index (χ4v) is 3.84. The molecule has 0 spiro atoms. The van der Waals surface area contributed by atoms with Crippen molar-refractivity contribution in [1.82, 2.24) is 24.4 Å². The highest BCUT2D eigenvalue weighted by molar-refractivity contribution is 5.49. The van der Waals surface area contributed by atoms with Crippen molar-refractivity contribution in [2.75, 3.05) is 23.3 Å². The molecule has 4 heterocycles. The van der Waals surface area contributed by atoms with Crippen LogP contribution in [0.2, 0.25) is 0 Å². The molecule has 28 heavy (non-hydrogen) atoms. The quantitative estimate of drug-likeness (QED) is 0.732. The van der Waals surface area contributed by atoms with Gasteiger partial charge in [-0.1, -0.05) is 0 Å². The normalized spacial score (nSPS) is 17.4. The monoisotopic (exact) mass is 381 g/mol. The molecule has 1 aliphatic heterocycles. The summed E-state index contributed by atoms with van der Waals surface area (Å²) in [6.45, 7) is 7.68. The summed E-state index contributed by atoms with van der Waals surface area (Å²) in [5, 5.41) is 12.6. The summed E-state index contributed by atoms with van der Waals surface area (Å²) < 4.78 is 3.39. The average molecular weight is 381 g/mol. The molecule has 0 aliphatic carbocycles. The van der Waals surface area contributed by atoms with E-state index in [0.29, 0.717) is 6.04 Å². The fraction of sp³-hybridized carbons (Fsp3) is 0.500. The van der Waals surface area contributed by atoms with Crippen LogP contribution in [0.5, 0.6) is 0 Å². The third kappa shape index (κ3) is 3.58. The van der Waals surface area contributed by atoms with Crippen LogP contribution >= 0.6 is 0 Å². The zero-order valence-corrected chi connectivity index (χ0v) is 16.7. The van der Waals surface area contributed by atoms with E-state index in [4.69, 9.17) is 0 Å². The van der Waals surface area contributed by atoms with Crippen molar-refractivity contribution in [3.05, 3.63) is 46.5 Å². The van der Waals surface area contributed by atoms with Crippen molar-refractivity contribution in [3.8, 4) is 0 Å². The number of hydrogen-bond donors (Lipinski definition) is 1. The lowest BCUT2D eigenvalue weighted by Crippen LogP contribution is -2.45.